The van der Waals surface area contributed by atoms with Gasteiger partial charge in [0.25, 0.3) is 0 Å². The van der Waals surface area contributed by atoms with Crippen molar-refractivity contribution in [3.8, 4) is 0 Å². The molecule has 3 nitrogen and oxygen atoms in total. The molecule has 0 N–H and O–H groups in total. The quantitative estimate of drug-likeness (QED) is 0.237. The summed E-state index contributed by atoms with van der Waals surface area (Å²) in [5, 5.41) is -0.398. The van der Waals surface area contributed by atoms with Crippen molar-refractivity contribution in [1.29, 1.82) is 0 Å². The van der Waals surface area contributed by atoms with Crippen LogP contribution in [0, 0.1) is 0 Å². The number of nitrogens with zero attached hydrogens (tertiary/aromatic N) is 1. The molecule has 1 rings (SSSR count). The van der Waals surface area contributed by atoms with E-state index in [4.69, 9.17) is 0 Å². The Morgan fingerprint density at radius 2 is 1.24 bits per heavy atom. The standard InChI is InChI=1S/C12H18NO2S.3C4H9.Sn/c1-4-10-13(16(14,15)11(2)3)12-8-6-5-7-9-12;3*1-3-4-2;/h6-9,11H,4,10H2,1-3H3;3*1,3-4H2,2H3;. The van der Waals surface area contributed by atoms with Crippen molar-refractivity contribution in [3.63, 3.8) is 0 Å². The minimum absolute atomic E-state index is 0.398. The first kappa shape index (κ1) is 26.8. The predicted molar refractivity (Wildman–Crippen MR) is 133 cm³/mol. The van der Waals surface area contributed by atoms with Gasteiger partial charge in [0, 0.05) is 0 Å². The number of hydrogen-bond donors (Lipinski definition) is 0. The third-order valence-electron chi connectivity index (χ3n) is 6.12. The zero-order valence-corrected chi connectivity index (χ0v) is 23.5. The maximum absolute atomic E-state index is 12.9. The van der Waals surface area contributed by atoms with E-state index in [-0.39, 0.29) is 0 Å². The molecule has 1 aromatic carbocycles. The summed E-state index contributed by atoms with van der Waals surface area (Å²) >= 11 is -2.46. The third-order valence-corrected chi connectivity index (χ3v) is 24.0. The van der Waals surface area contributed by atoms with E-state index in [0.29, 0.717) is 6.54 Å². The van der Waals surface area contributed by atoms with Gasteiger partial charge in [-0.15, -0.1) is 0 Å². The Labute approximate surface area is 185 Å². The van der Waals surface area contributed by atoms with Crippen molar-refractivity contribution in [2.24, 2.45) is 0 Å². The molecule has 0 unspecified atom stereocenters. The van der Waals surface area contributed by atoms with E-state index in [1.165, 1.54) is 51.8 Å². The van der Waals surface area contributed by atoms with Crippen LogP contribution in [-0.2, 0) is 10.0 Å². The van der Waals surface area contributed by atoms with Gasteiger partial charge in [0.05, 0.1) is 0 Å². The molecule has 0 spiro atoms. The molecule has 0 atom stereocenters. The van der Waals surface area contributed by atoms with Crippen molar-refractivity contribution in [2.75, 3.05) is 10.8 Å². The van der Waals surface area contributed by atoms with Crippen LogP contribution >= 0.6 is 0 Å². The number of rotatable bonds is 15. The van der Waals surface area contributed by atoms with Crippen LogP contribution in [0.5, 0.6) is 0 Å². The van der Waals surface area contributed by atoms with Crippen LogP contribution in [0.2, 0.25) is 13.3 Å². The average Bonchev–Trinajstić information content (AvgIpc) is 2.71. The topological polar surface area (TPSA) is 37.4 Å². The van der Waals surface area contributed by atoms with E-state index in [9.17, 15) is 8.42 Å². The maximum atomic E-state index is 12.9. The summed E-state index contributed by atoms with van der Waals surface area (Å²) in [4.78, 5) is 0. The fraction of sp³-hybridized carbons (Fsp3) is 0.750. The number of benzene rings is 1. The molecule has 0 radical (unpaired) electrons. The van der Waals surface area contributed by atoms with E-state index in [1.54, 1.807) is 21.7 Å². The van der Waals surface area contributed by atoms with Gasteiger partial charge in [-0.1, -0.05) is 0 Å². The van der Waals surface area contributed by atoms with Crippen LogP contribution in [0.3, 0.4) is 0 Å². The number of anilines is 1. The first-order valence-electron chi connectivity index (χ1n) is 11.9. The molecule has 29 heavy (non-hydrogen) atoms. The van der Waals surface area contributed by atoms with Crippen molar-refractivity contribution >= 4 is 37.7 Å². The number of hydrogen-bond acceptors (Lipinski definition) is 2. The fourth-order valence-corrected chi connectivity index (χ4v) is 21.5. The SMILES string of the molecule is CCC[CH2][Sn]([CH2]CCC)([CH2]CCC)[c]1ccc(N(CCC)S(=O)(=O)C(C)C)cc1. The molecule has 0 saturated heterocycles. The molecule has 168 valence electrons. The minimum atomic E-state index is -3.29. The van der Waals surface area contributed by atoms with Crippen molar-refractivity contribution < 1.29 is 8.42 Å². The molecular weight excluding hydrogens is 485 g/mol. The predicted octanol–water partition coefficient (Wildman–Crippen LogP) is 6.70. The number of unbranched alkanes of at least 4 members (excludes halogenated alkanes) is 3. The summed E-state index contributed by atoms with van der Waals surface area (Å²) in [5.74, 6) is 0. The van der Waals surface area contributed by atoms with Crippen LogP contribution in [0.1, 0.15) is 86.5 Å². The molecule has 0 saturated carbocycles. The van der Waals surface area contributed by atoms with Gasteiger partial charge in [0.15, 0.2) is 0 Å². The molecule has 0 aliphatic rings. The van der Waals surface area contributed by atoms with Crippen LogP contribution in [0.25, 0.3) is 0 Å². The first-order chi connectivity index (χ1) is 13.8. The molecule has 0 bridgehead atoms. The normalized spacial score (nSPS) is 12.5. The molecule has 5 heteroatoms. The molecule has 0 aliphatic heterocycles. The molecule has 1 aromatic rings. The van der Waals surface area contributed by atoms with Crippen LogP contribution in [-0.4, -0.2) is 38.6 Å². The zero-order chi connectivity index (χ0) is 21.9. The van der Waals surface area contributed by atoms with Gasteiger partial charge in [-0.05, 0) is 0 Å². The van der Waals surface area contributed by atoms with Crippen molar-refractivity contribution in [3.05, 3.63) is 24.3 Å². The molecule has 0 fully saturated rings. The van der Waals surface area contributed by atoms with Crippen LogP contribution in [0.4, 0.5) is 5.69 Å². The van der Waals surface area contributed by atoms with Gasteiger partial charge in [-0.3, -0.25) is 0 Å². The Morgan fingerprint density at radius 1 is 0.793 bits per heavy atom. The summed E-state index contributed by atoms with van der Waals surface area (Å²) in [6, 6.07) is 8.82. The van der Waals surface area contributed by atoms with E-state index in [2.05, 4.69) is 45.0 Å². The molecule has 0 heterocycles. The average molecular weight is 530 g/mol. The van der Waals surface area contributed by atoms with E-state index in [0.717, 1.165) is 12.1 Å². The first-order valence-corrected chi connectivity index (χ1v) is 20.9. The summed E-state index contributed by atoms with van der Waals surface area (Å²) in [5.41, 5.74) is 0.839. The zero-order valence-electron chi connectivity index (χ0n) is 19.8. The Morgan fingerprint density at radius 3 is 1.59 bits per heavy atom. The van der Waals surface area contributed by atoms with E-state index >= 15 is 0 Å². The Bertz CT molecular complexity index is 649. The van der Waals surface area contributed by atoms with Gasteiger partial charge in [0.1, 0.15) is 0 Å². The Balaban J connectivity index is 3.31. The molecular formula is C24H45NO2SSn. The second-order valence-electron chi connectivity index (χ2n) is 8.80. The third kappa shape index (κ3) is 7.44. The van der Waals surface area contributed by atoms with Crippen molar-refractivity contribution in [2.45, 2.75) is 105 Å². The Kier molecular flexibility index (Phi) is 12.2. The van der Waals surface area contributed by atoms with Gasteiger partial charge in [-0.25, -0.2) is 0 Å². The van der Waals surface area contributed by atoms with Crippen molar-refractivity contribution in [1.82, 2.24) is 0 Å². The monoisotopic (exact) mass is 531 g/mol. The summed E-state index contributed by atoms with van der Waals surface area (Å²) < 4.78 is 33.3. The molecule has 0 amide bonds. The van der Waals surface area contributed by atoms with E-state index in [1.807, 2.05) is 6.92 Å². The van der Waals surface area contributed by atoms with Crippen LogP contribution in [0.15, 0.2) is 24.3 Å². The molecule has 0 aromatic heterocycles. The van der Waals surface area contributed by atoms with Crippen LogP contribution < -0.4 is 7.88 Å². The summed E-state index contributed by atoms with van der Waals surface area (Å²) in [6.45, 7) is 13.0. The second kappa shape index (κ2) is 13.2. The van der Waals surface area contributed by atoms with E-state index < -0.39 is 33.7 Å². The molecule has 0 aliphatic carbocycles. The second-order valence-corrected chi connectivity index (χ2v) is 24.5. The fourth-order valence-electron chi connectivity index (χ4n) is 4.20. The van der Waals surface area contributed by atoms with Gasteiger partial charge in [-0.2, -0.15) is 0 Å². The number of sulfonamides is 1. The van der Waals surface area contributed by atoms with Gasteiger partial charge < -0.3 is 0 Å². The van der Waals surface area contributed by atoms with Gasteiger partial charge in [0.2, 0.25) is 0 Å². The summed E-state index contributed by atoms with van der Waals surface area (Å²) in [7, 11) is -3.29. The van der Waals surface area contributed by atoms with Gasteiger partial charge >= 0.3 is 186 Å². The Hall–Kier alpha value is -0.231. The summed E-state index contributed by atoms with van der Waals surface area (Å²) in [6.07, 6.45) is 8.66.